The van der Waals surface area contributed by atoms with Crippen molar-refractivity contribution in [3.63, 3.8) is 0 Å². The van der Waals surface area contributed by atoms with Gasteiger partial charge in [-0.2, -0.15) is 0 Å². The highest BCUT2D eigenvalue weighted by Gasteiger charge is 2.52. The molecule has 2 heteroatoms. The molecule has 3 unspecified atom stereocenters. The van der Waals surface area contributed by atoms with Crippen LogP contribution < -0.4 is 0 Å². The molecule has 0 amide bonds. The maximum Gasteiger partial charge on any atom is 0.0603 e. The van der Waals surface area contributed by atoms with E-state index in [2.05, 4.69) is 119 Å². The Balaban J connectivity index is 1.55. The minimum absolute atomic E-state index is 0.0661. The summed E-state index contributed by atoms with van der Waals surface area (Å²) in [5.41, 5.74) is 11.0. The minimum Gasteiger partial charge on any atom is -0.117 e. The van der Waals surface area contributed by atoms with Crippen LogP contribution in [-0.2, 0) is 5.41 Å². The lowest BCUT2D eigenvalue weighted by Gasteiger charge is -2.41. The summed E-state index contributed by atoms with van der Waals surface area (Å²) in [6, 6.07) is 5.00. The number of benzene rings is 1. The van der Waals surface area contributed by atoms with Crippen molar-refractivity contribution < 1.29 is 0 Å². The van der Waals surface area contributed by atoms with Crippen LogP contribution in [0, 0.1) is 0 Å². The SMILES string of the molecule is IC1C=CC2=C(C1)C(C1=CC=CCC1)(C1=CC=CCC1)c1ccc3c(c12)SC1C=CC=CC31. The fourth-order valence-corrected chi connectivity index (χ4v) is 9.03. The normalized spacial score (nSPS) is 30.0. The van der Waals surface area contributed by atoms with E-state index in [0.717, 1.165) is 32.1 Å². The van der Waals surface area contributed by atoms with Gasteiger partial charge in [0.2, 0.25) is 0 Å². The molecule has 0 radical (unpaired) electrons. The molecule has 164 valence electrons. The van der Waals surface area contributed by atoms with E-state index in [9.17, 15) is 0 Å². The van der Waals surface area contributed by atoms with Crippen molar-refractivity contribution in [2.24, 2.45) is 0 Å². The number of halogens is 1. The maximum absolute atomic E-state index is 2.64. The third kappa shape index (κ3) is 2.89. The van der Waals surface area contributed by atoms with Crippen molar-refractivity contribution in [1.82, 2.24) is 0 Å². The van der Waals surface area contributed by atoms with Gasteiger partial charge in [-0.1, -0.05) is 119 Å². The van der Waals surface area contributed by atoms with Gasteiger partial charge in [0, 0.05) is 25.6 Å². The first kappa shape index (κ1) is 20.6. The minimum atomic E-state index is -0.0661. The quantitative estimate of drug-likeness (QED) is 0.259. The Bertz CT molecular complexity index is 1260. The first-order valence-electron chi connectivity index (χ1n) is 12.3. The zero-order chi connectivity index (χ0) is 22.0. The average Bonchev–Trinajstić information content (AvgIpc) is 3.38. The van der Waals surface area contributed by atoms with Crippen LogP contribution in [-0.4, -0.2) is 9.17 Å². The molecule has 0 fully saturated rings. The zero-order valence-corrected chi connectivity index (χ0v) is 21.6. The maximum atomic E-state index is 2.64. The Hall–Kier alpha value is -1.78. The lowest BCUT2D eigenvalue weighted by molar-refractivity contribution is 0.606. The van der Waals surface area contributed by atoms with E-state index >= 15 is 0 Å². The molecule has 1 heterocycles. The lowest BCUT2D eigenvalue weighted by atomic mass is 9.61. The van der Waals surface area contributed by atoms with Crippen molar-refractivity contribution >= 4 is 39.9 Å². The van der Waals surface area contributed by atoms with Gasteiger partial charge >= 0.3 is 0 Å². The second-order valence-electron chi connectivity index (χ2n) is 9.82. The van der Waals surface area contributed by atoms with Crippen molar-refractivity contribution in [3.05, 3.63) is 118 Å². The van der Waals surface area contributed by atoms with Gasteiger partial charge in [0.1, 0.15) is 0 Å². The third-order valence-corrected chi connectivity index (χ3v) is 10.5. The van der Waals surface area contributed by atoms with Crippen LogP contribution >= 0.6 is 34.4 Å². The molecule has 6 aliphatic rings. The Morgan fingerprint density at radius 1 is 0.879 bits per heavy atom. The summed E-state index contributed by atoms with van der Waals surface area (Å²) in [6.45, 7) is 0. The Labute approximate surface area is 214 Å². The summed E-state index contributed by atoms with van der Waals surface area (Å²) in [7, 11) is 0. The standard InChI is InChI=1S/C31H27IS/c32-22-15-16-25-27(19-22)31(20-9-3-1-4-10-20,21-11-5-2-6-12-21)26-18-17-24-23-13-7-8-14-28(23)33-30(24)29(25)26/h1-3,5,7-9,11,13-18,22-23,28H,4,6,10,12,19H2. The molecule has 7 rings (SSSR count). The average molecular weight is 559 g/mol. The molecule has 1 aliphatic heterocycles. The van der Waals surface area contributed by atoms with Gasteiger partial charge in [-0.3, -0.25) is 0 Å². The van der Waals surface area contributed by atoms with Crippen LogP contribution in [0.4, 0.5) is 0 Å². The van der Waals surface area contributed by atoms with E-state index in [1.54, 1.807) is 32.7 Å². The molecular weight excluding hydrogens is 531 g/mol. The van der Waals surface area contributed by atoms with Crippen LogP contribution in [0.2, 0.25) is 0 Å². The van der Waals surface area contributed by atoms with E-state index in [4.69, 9.17) is 0 Å². The van der Waals surface area contributed by atoms with Crippen molar-refractivity contribution in [2.75, 3.05) is 0 Å². The molecule has 3 atom stereocenters. The summed E-state index contributed by atoms with van der Waals surface area (Å²) in [5.74, 6) is 0.512. The predicted molar refractivity (Wildman–Crippen MR) is 150 cm³/mol. The highest BCUT2D eigenvalue weighted by Crippen LogP contribution is 2.64. The molecule has 0 saturated carbocycles. The topological polar surface area (TPSA) is 0 Å². The van der Waals surface area contributed by atoms with Gasteiger partial charge in [-0.05, 0) is 54.4 Å². The number of hydrogen-bond acceptors (Lipinski definition) is 1. The molecular formula is C31H27IS. The zero-order valence-electron chi connectivity index (χ0n) is 18.6. The van der Waals surface area contributed by atoms with Gasteiger partial charge in [0.25, 0.3) is 0 Å². The van der Waals surface area contributed by atoms with Crippen LogP contribution in [0.1, 0.15) is 54.7 Å². The smallest absolute Gasteiger partial charge is 0.0603 e. The van der Waals surface area contributed by atoms with Crippen molar-refractivity contribution in [1.29, 1.82) is 0 Å². The third-order valence-electron chi connectivity index (χ3n) is 8.20. The molecule has 0 nitrogen and oxygen atoms in total. The molecule has 0 N–H and O–H groups in total. The van der Waals surface area contributed by atoms with Crippen LogP contribution in [0.3, 0.4) is 0 Å². The number of fused-ring (bicyclic) bond motifs is 6. The number of hydrogen-bond donors (Lipinski definition) is 0. The van der Waals surface area contributed by atoms with Crippen molar-refractivity contribution in [3.8, 4) is 0 Å². The fraction of sp³-hybridized carbons (Fsp3) is 0.290. The van der Waals surface area contributed by atoms with Gasteiger partial charge in [-0.25, -0.2) is 0 Å². The first-order valence-corrected chi connectivity index (χ1v) is 14.4. The van der Waals surface area contributed by atoms with E-state index < -0.39 is 0 Å². The summed E-state index contributed by atoms with van der Waals surface area (Å²) >= 11 is 4.74. The summed E-state index contributed by atoms with van der Waals surface area (Å²) in [5, 5.41) is 0.536. The Morgan fingerprint density at radius 2 is 1.64 bits per heavy atom. The molecule has 33 heavy (non-hydrogen) atoms. The van der Waals surface area contributed by atoms with Gasteiger partial charge in [0.05, 0.1) is 5.41 Å². The van der Waals surface area contributed by atoms with Crippen LogP contribution in [0.5, 0.6) is 0 Å². The van der Waals surface area contributed by atoms with E-state index in [1.165, 1.54) is 11.1 Å². The number of rotatable bonds is 2. The van der Waals surface area contributed by atoms with Gasteiger partial charge in [0.15, 0.2) is 0 Å². The van der Waals surface area contributed by atoms with Crippen LogP contribution in [0.25, 0.3) is 5.57 Å². The molecule has 1 aromatic rings. The highest BCUT2D eigenvalue weighted by molar-refractivity contribution is 14.1. The largest absolute Gasteiger partial charge is 0.117 e. The predicted octanol–water partition coefficient (Wildman–Crippen LogP) is 8.69. The highest BCUT2D eigenvalue weighted by atomic mass is 127. The first-order chi connectivity index (χ1) is 16.3. The molecule has 0 spiro atoms. The van der Waals surface area contributed by atoms with E-state index in [1.807, 2.05) is 0 Å². The second-order valence-corrected chi connectivity index (χ2v) is 12.6. The van der Waals surface area contributed by atoms with E-state index in [-0.39, 0.29) is 5.41 Å². The molecule has 0 saturated heterocycles. The number of thioether (sulfide) groups is 1. The summed E-state index contributed by atoms with van der Waals surface area (Å²) < 4.78 is 0.559. The summed E-state index contributed by atoms with van der Waals surface area (Å²) in [6.07, 6.45) is 34.2. The van der Waals surface area contributed by atoms with Crippen LogP contribution in [0.15, 0.2) is 107 Å². The van der Waals surface area contributed by atoms with Gasteiger partial charge < -0.3 is 0 Å². The van der Waals surface area contributed by atoms with Gasteiger partial charge in [-0.15, -0.1) is 11.8 Å². The second kappa shape index (κ2) is 7.88. The number of allylic oxidation sites excluding steroid dienone is 15. The Kier molecular flexibility index (Phi) is 4.91. The van der Waals surface area contributed by atoms with E-state index in [0.29, 0.717) is 15.1 Å². The monoisotopic (exact) mass is 558 g/mol. The van der Waals surface area contributed by atoms with Crippen molar-refractivity contribution in [2.45, 2.75) is 57.5 Å². The molecule has 1 aromatic carbocycles. The molecule has 0 aromatic heterocycles. The number of alkyl halides is 1. The molecule has 0 bridgehead atoms. The molecule has 5 aliphatic carbocycles. The fourth-order valence-electron chi connectivity index (χ4n) is 6.88. The Morgan fingerprint density at radius 3 is 2.36 bits per heavy atom. The lowest BCUT2D eigenvalue weighted by Crippen LogP contribution is -2.34. The summed E-state index contributed by atoms with van der Waals surface area (Å²) in [4.78, 5) is 1.54.